The van der Waals surface area contributed by atoms with Crippen LogP contribution >= 0.6 is 0 Å². The molecule has 4 rings (SSSR count). The number of carbonyl (C=O) groups excluding carboxylic acids is 2. The average Bonchev–Trinajstić information content (AvgIpc) is 3.17. The lowest BCUT2D eigenvalue weighted by Gasteiger charge is -2.33. The highest BCUT2D eigenvalue weighted by Crippen LogP contribution is 2.40. The smallest absolute Gasteiger partial charge is 0.270 e. The van der Waals surface area contributed by atoms with Gasteiger partial charge in [-0.1, -0.05) is 12.8 Å². The van der Waals surface area contributed by atoms with Gasteiger partial charge in [-0.05, 0) is 19.3 Å². The number of sulfone groups is 1. The van der Waals surface area contributed by atoms with Crippen LogP contribution in [0.1, 0.15) is 44.9 Å². The number of hydrogen-bond donors (Lipinski definition) is 0. The molecule has 0 N–H and O–H groups in total. The van der Waals surface area contributed by atoms with Crippen LogP contribution in [0.5, 0.6) is 0 Å². The van der Waals surface area contributed by atoms with Crippen molar-refractivity contribution in [2.45, 2.75) is 51.0 Å². The molecule has 8 nitrogen and oxygen atoms in total. The Labute approximate surface area is 159 Å². The van der Waals surface area contributed by atoms with E-state index >= 15 is 0 Å². The molecule has 150 valence electrons. The topological polar surface area (TPSA) is 96.3 Å². The molecule has 3 aliphatic heterocycles. The summed E-state index contributed by atoms with van der Waals surface area (Å²) < 4.78 is 29.3. The Morgan fingerprint density at radius 2 is 2.00 bits per heavy atom. The molecule has 4 aliphatic rings. The minimum Gasteiger partial charge on any atom is -0.379 e. The molecule has 2 saturated heterocycles. The fourth-order valence-electron chi connectivity index (χ4n) is 4.76. The molecule has 0 aromatic rings. The Kier molecular flexibility index (Phi) is 5.00. The molecule has 0 aromatic heterocycles. The first-order valence-corrected chi connectivity index (χ1v) is 11.7. The van der Waals surface area contributed by atoms with Crippen molar-refractivity contribution in [3.8, 4) is 0 Å². The van der Waals surface area contributed by atoms with Gasteiger partial charge in [-0.25, -0.2) is 13.4 Å². The maximum atomic E-state index is 13.1. The van der Waals surface area contributed by atoms with Crippen LogP contribution in [0.2, 0.25) is 0 Å². The molecular formula is C18H27N3O5S. The van der Waals surface area contributed by atoms with E-state index in [0.29, 0.717) is 44.9 Å². The van der Waals surface area contributed by atoms with Crippen molar-refractivity contribution >= 4 is 27.4 Å². The monoisotopic (exact) mass is 397 g/mol. The summed E-state index contributed by atoms with van der Waals surface area (Å²) in [6.45, 7) is 2.43. The summed E-state index contributed by atoms with van der Waals surface area (Å²) in [4.78, 5) is 27.2. The maximum Gasteiger partial charge on any atom is 0.270 e. The van der Waals surface area contributed by atoms with Gasteiger partial charge in [0.25, 0.3) is 5.91 Å². The number of rotatable bonds is 2. The van der Waals surface area contributed by atoms with Gasteiger partial charge in [0.2, 0.25) is 5.91 Å². The van der Waals surface area contributed by atoms with E-state index in [4.69, 9.17) is 4.74 Å². The maximum absolute atomic E-state index is 13.1. The summed E-state index contributed by atoms with van der Waals surface area (Å²) in [6.07, 6.45) is 5.41. The molecular weight excluding hydrogens is 370 g/mol. The van der Waals surface area contributed by atoms with Crippen molar-refractivity contribution in [2.75, 3.05) is 37.8 Å². The predicted molar refractivity (Wildman–Crippen MR) is 98.9 cm³/mol. The van der Waals surface area contributed by atoms with Gasteiger partial charge < -0.3 is 9.64 Å². The summed E-state index contributed by atoms with van der Waals surface area (Å²) in [7, 11) is -3.12. The molecule has 0 radical (unpaired) electrons. The highest BCUT2D eigenvalue weighted by molar-refractivity contribution is 7.91. The molecule has 3 heterocycles. The van der Waals surface area contributed by atoms with Crippen molar-refractivity contribution in [1.82, 2.24) is 9.91 Å². The molecule has 27 heavy (non-hydrogen) atoms. The summed E-state index contributed by atoms with van der Waals surface area (Å²) in [5, 5.41) is 5.60. The second-order valence-corrected chi connectivity index (χ2v) is 10.6. The van der Waals surface area contributed by atoms with E-state index in [2.05, 4.69) is 5.10 Å². The van der Waals surface area contributed by atoms with E-state index in [1.807, 2.05) is 4.90 Å². The Bertz CT molecular complexity index is 757. The molecule has 9 heteroatoms. The molecule has 1 unspecified atom stereocenters. The van der Waals surface area contributed by atoms with Crippen molar-refractivity contribution in [3.63, 3.8) is 0 Å². The first-order valence-electron chi connectivity index (χ1n) is 9.85. The van der Waals surface area contributed by atoms with E-state index in [9.17, 15) is 18.0 Å². The molecule has 1 aliphatic carbocycles. The Morgan fingerprint density at radius 3 is 2.70 bits per heavy atom. The summed E-state index contributed by atoms with van der Waals surface area (Å²) in [6, 6.07) is -0.445. The third kappa shape index (κ3) is 3.89. The van der Waals surface area contributed by atoms with Gasteiger partial charge in [-0.15, -0.1) is 0 Å². The van der Waals surface area contributed by atoms with E-state index in [-0.39, 0.29) is 35.2 Å². The zero-order chi connectivity index (χ0) is 19.1. The van der Waals surface area contributed by atoms with Crippen LogP contribution in [0.25, 0.3) is 0 Å². The number of hydrogen-bond acceptors (Lipinski definition) is 6. The number of ether oxygens (including phenoxy) is 1. The highest BCUT2D eigenvalue weighted by Gasteiger charge is 2.41. The lowest BCUT2D eigenvalue weighted by atomic mass is 9.86. The van der Waals surface area contributed by atoms with Gasteiger partial charge in [0.15, 0.2) is 9.84 Å². The van der Waals surface area contributed by atoms with Gasteiger partial charge in [0.05, 0.1) is 30.8 Å². The fraction of sp³-hybridized carbons (Fsp3) is 0.833. The first-order chi connectivity index (χ1) is 12.9. The number of nitrogens with zero attached hydrogens (tertiary/aromatic N) is 3. The molecule has 0 aromatic carbocycles. The van der Waals surface area contributed by atoms with Crippen molar-refractivity contribution < 1.29 is 22.7 Å². The molecule has 3 fully saturated rings. The zero-order valence-corrected chi connectivity index (χ0v) is 16.4. The van der Waals surface area contributed by atoms with Gasteiger partial charge >= 0.3 is 0 Å². The highest BCUT2D eigenvalue weighted by atomic mass is 32.2. The van der Waals surface area contributed by atoms with Crippen LogP contribution in [0.4, 0.5) is 0 Å². The second kappa shape index (κ2) is 7.16. The van der Waals surface area contributed by atoms with Crippen LogP contribution in [0, 0.1) is 5.41 Å². The van der Waals surface area contributed by atoms with Crippen LogP contribution in [-0.4, -0.2) is 79.7 Å². The van der Waals surface area contributed by atoms with E-state index in [1.165, 1.54) is 17.9 Å². The van der Waals surface area contributed by atoms with Crippen molar-refractivity contribution in [2.24, 2.45) is 10.5 Å². The number of carbonyl (C=O) groups is 2. The first kappa shape index (κ1) is 18.9. The Morgan fingerprint density at radius 1 is 1.22 bits per heavy atom. The van der Waals surface area contributed by atoms with Crippen molar-refractivity contribution in [3.05, 3.63) is 0 Å². The largest absolute Gasteiger partial charge is 0.379 e. The van der Waals surface area contributed by atoms with Crippen LogP contribution in [0.15, 0.2) is 5.10 Å². The summed E-state index contributed by atoms with van der Waals surface area (Å²) >= 11 is 0. The Balaban J connectivity index is 1.51. The predicted octanol–water partition coefficient (Wildman–Crippen LogP) is 0.571. The quantitative estimate of drug-likeness (QED) is 0.679. The van der Waals surface area contributed by atoms with Crippen LogP contribution < -0.4 is 0 Å². The number of hydrazone groups is 1. The normalized spacial score (nSPS) is 30.4. The van der Waals surface area contributed by atoms with Crippen molar-refractivity contribution in [1.29, 1.82) is 0 Å². The van der Waals surface area contributed by atoms with Gasteiger partial charge in [0.1, 0.15) is 5.71 Å². The number of amides is 2. The fourth-order valence-corrected chi connectivity index (χ4v) is 6.45. The van der Waals surface area contributed by atoms with Gasteiger partial charge in [-0.3, -0.25) is 9.59 Å². The van der Waals surface area contributed by atoms with Gasteiger partial charge in [-0.2, -0.15) is 5.10 Å². The van der Waals surface area contributed by atoms with E-state index in [0.717, 1.165) is 12.8 Å². The molecule has 1 spiro atoms. The Hall–Kier alpha value is -1.48. The third-order valence-corrected chi connectivity index (χ3v) is 8.00. The zero-order valence-electron chi connectivity index (χ0n) is 15.6. The van der Waals surface area contributed by atoms with Crippen LogP contribution in [0.3, 0.4) is 0 Å². The van der Waals surface area contributed by atoms with Crippen LogP contribution in [-0.2, 0) is 24.2 Å². The molecule has 1 saturated carbocycles. The molecule has 1 atom stereocenters. The standard InChI is InChI=1S/C18H27N3O5S/c22-16-4-3-15(19-21(16)14-5-10-27(24,25)11-14)17(23)20-8-9-26-13-18(12-20)6-1-2-7-18/h14H,1-13H2. The lowest BCUT2D eigenvalue weighted by molar-refractivity contribution is -0.134. The second-order valence-electron chi connectivity index (χ2n) is 8.33. The van der Waals surface area contributed by atoms with Gasteiger partial charge in [0, 0.05) is 31.3 Å². The minimum atomic E-state index is -3.12. The SMILES string of the molecule is O=C(C1=NN(C2CCS(=O)(=O)C2)C(=O)CC1)N1CCOCC2(CCCC2)C1. The molecule has 0 bridgehead atoms. The summed E-state index contributed by atoms with van der Waals surface area (Å²) in [5.41, 5.74) is 0.421. The lowest BCUT2D eigenvalue weighted by Crippen LogP contribution is -2.47. The molecule has 2 amide bonds. The van der Waals surface area contributed by atoms with E-state index in [1.54, 1.807) is 0 Å². The minimum absolute atomic E-state index is 0.0520. The average molecular weight is 397 g/mol. The van der Waals surface area contributed by atoms with E-state index < -0.39 is 15.9 Å². The third-order valence-electron chi connectivity index (χ3n) is 6.25. The summed E-state index contributed by atoms with van der Waals surface area (Å²) in [5.74, 6) is -0.318.